The molecule has 0 saturated carbocycles. The highest BCUT2D eigenvalue weighted by Crippen LogP contribution is 2.30. The molecule has 3 rings (SSSR count). The highest BCUT2D eigenvalue weighted by molar-refractivity contribution is 7.92. The minimum absolute atomic E-state index is 0.150. The maximum Gasteiger partial charge on any atom is 0.263 e. The molecule has 2 aromatic heterocycles. The second-order valence-corrected chi connectivity index (χ2v) is 7.96. The molecule has 0 aliphatic heterocycles. The highest BCUT2D eigenvalue weighted by atomic mass is 32.2. The Morgan fingerprint density at radius 1 is 1.25 bits per heavy atom. The third-order valence-electron chi connectivity index (χ3n) is 3.69. The van der Waals surface area contributed by atoms with Crippen LogP contribution in [0.3, 0.4) is 0 Å². The van der Waals surface area contributed by atoms with Gasteiger partial charge in [-0.15, -0.1) is 11.3 Å². The third kappa shape index (κ3) is 3.07. The Kier molecular flexibility index (Phi) is 4.18. The van der Waals surface area contributed by atoms with Crippen LogP contribution in [0.4, 0.5) is 10.1 Å². The van der Waals surface area contributed by atoms with Gasteiger partial charge in [0.25, 0.3) is 10.0 Å². The monoisotopic (exact) mass is 365 g/mol. The lowest BCUT2D eigenvalue weighted by atomic mass is 10.3. The van der Waals surface area contributed by atoms with Gasteiger partial charge in [-0.3, -0.25) is 4.72 Å². The molecule has 0 saturated heterocycles. The third-order valence-corrected chi connectivity index (χ3v) is 6.17. The van der Waals surface area contributed by atoms with Crippen molar-refractivity contribution in [3.63, 3.8) is 0 Å². The predicted molar refractivity (Wildman–Crippen MR) is 93.2 cm³/mol. The lowest BCUT2D eigenvalue weighted by molar-refractivity contribution is 0.600. The molecule has 0 unspecified atom stereocenters. The molecule has 0 amide bonds. The fraction of sp³-hybridized carbons (Fsp3) is 0.188. The number of aryl methyl sites for hydroxylation is 1. The summed E-state index contributed by atoms with van der Waals surface area (Å²) in [5.41, 5.74) is 2.38. The zero-order valence-electron chi connectivity index (χ0n) is 13.4. The first-order valence-corrected chi connectivity index (χ1v) is 9.51. The second kappa shape index (κ2) is 6.03. The Balaban J connectivity index is 2.02. The summed E-state index contributed by atoms with van der Waals surface area (Å²) in [4.78, 5) is 4.56. The minimum Gasteiger partial charge on any atom is -0.345 e. The van der Waals surface area contributed by atoms with Crippen LogP contribution in [0, 0.1) is 19.7 Å². The number of rotatable bonds is 4. The van der Waals surface area contributed by atoms with Crippen molar-refractivity contribution in [1.82, 2.24) is 9.55 Å². The molecular formula is C16H16FN3O2S2. The summed E-state index contributed by atoms with van der Waals surface area (Å²) in [6.07, 6.45) is 0. The fourth-order valence-corrected chi connectivity index (χ4v) is 4.57. The number of hydrogen-bond acceptors (Lipinski definition) is 4. The van der Waals surface area contributed by atoms with Gasteiger partial charge < -0.3 is 4.57 Å². The summed E-state index contributed by atoms with van der Waals surface area (Å²) in [6, 6.07) is 6.95. The number of nitrogens with one attached hydrogen (secondary N) is 1. The SMILES string of the molecule is Cc1csc(-c2cc(S(=O)(=O)Nc3cccc(F)c3)c(C)n2C)n1. The molecule has 8 heteroatoms. The average molecular weight is 365 g/mol. The summed E-state index contributed by atoms with van der Waals surface area (Å²) in [6.45, 7) is 3.61. The van der Waals surface area contributed by atoms with Crippen LogP contribution in [0.1, 0.15) is 11.4 Å². The first-order chi connectivity index (χ1) is 11.3. The standard InChI is InChI=1S/C16H16FN3O2S2/c1-10-9-23-16(18-10)14-8-15(11(2)20(14)3)24(21,22)19-13-6-4-5-12(17)7-13/h4-9,19H,1-3H3. The molecule has 0 aliphatic carbocycles. The Morgan fingerprint density at radius 3 is 2.62 bits per heavy atom. The summed E-state index contributed by atoms with van der Waals surface area (Å²) >= 11 is 1.46. The van der Waals surface area contributed by atoms with Crippen LogP contribution < -0.4 is 4.72 Å². The van der Waals surface area contributed by atoms with E-state index in [0.717, 1.165) is 22.5 Å². The van der Waals surface area contributed by atoms with E-state index in [2.05, 4.69) is 9.71 Å². The van der Waals surface area contributed by atoms with E-state index >= 15 is 0 Å². The number of anilines is 1. The van der Waals surface area contributed by atoms with Crippen LogP contribution in [0.15, 0.2) is 40.6 Å². The van der Waals surface area contributed by atoms with Crippen molar-refractivity contribution in [2.75, 3.05) is 4.72 Å². The summed E-state index contributed by atoms with van der Waals surface area (Å²) < 4.78 is 42.8. The van der Waals surface area contributed by atoms with E-state index in [0.29, 0.717) is 5.69 Å². The van der Waals surface area contributed by atoms with Gasteiger partial charge in [-0.05, 0) is 38.1 Å². The second-order valence-electron chi connectivity index (χ2n) is 5.45. The topological polar surface area (TPSA) is 64.0 Å². The molecular weight excluding hydrogens is 349 g/mol. The number of sulfonamides is 1. The molecule has 0 radical (unpaired) electrons. The van der Waals surface area contributed by atoms with Crippen LogP contribution in [-0.4, -0.2) is 18.0 Å². The highest BCUT2D eigenvalue weighted by Gasteiger charge is 2.23. The number of benzene rings is 1. The molecule has 0 atom stereocenters. The van der Waals surface area contributed by atoms with Gasteiger partial charge in [-0.2, -0.15) is 0 Å². The molecule has 0 fully saturated rings. The Labute approximate surface area is 143 Å². The molecule has 2 heterocycles. The van der Waals surface area contributed by atoms with Crippen LogP contribution in [0.5, 0.6) is 0 Å². The van der Waals surface area contributed by atoms with Crippen LogP contribution in [-0.2, 0) is 17.1 Å². The van der Waals surface area contributed by atoms with Crippen LogP contribution >= 0.6 is 11.3 Å². The smallest absolute Gasteiger partial charge is 0.263 e. The number of nitrogens with zero attached hydrogens (tertiary/aromatic N) is 2. The lowest BCUT2D eigenvalue weighted by Crippen LogP contribution is -2.14. The maximum atomic E-state index is 13.3. The predicted octanol–water partition coefficient (Wildman–Crippen LogP) is 3.71. The first-order valence-electron chi connectivity index (χ1n) is 7.15. The lowest BCUT2D eigenvalue weighted by Gasteiger charge is -2.08. The van der Waals surface area contributed by atoms with Crippen molar-refractivity contribution in [2.45, 2.75) is 18.7 Å². The van der Waals surface area contributed by atoms with E-state index in [1.807, 2.05) is 12.3 Å². The van der Waals surface area contributed by atoms with Crippen LogP contribution in [0.2, 0.25) is 0 Å². The van der Waals surface area contributed by atoms with Crippen molar-refractivity contribution < 1.29 is 12.8 Å². The van der Waals surface area contributed by atoms with Crippen molar-refractivity contribution in [3.05, 3.63) is 52.9 Å². The van der Waals surface area contributed by atoms with Crippen molar-refractivity contribution >= 4 is 27.0 Å². The van der Waals surface area contributed by atoms with E-state index in [9.17, 15) is 12.8 Å². The molecule has 126 valence electrons. The average Bonchev–Trinajstić information content (AvgIpc) is 3.04. The molecule has 1 aromatic carbocycles. The molecule has 1 N–H and O–H groups in total. The molecule has 3 aromatic rings. The number of hydrogen-bond donors (Lipinski definition) is 1. The van der Waals surface area contributed by atoms with Gasteiger partial charge in [0.05, 0.1) is 11.4 Å². The van der Waals surface area contributed by atoms with E-state index < -0.39 is 15.8 Å². The van der Waals surface area contributed by atoms with Gasteiger partial charge in [0.15, 0.2) is 0 Å². The van der Waals surface area contributed by atoms with Crippen molar-refractivity contribution in [3.8, 4) is 10.7 Å². The zero-order chi connectivity index (χ0) is 17.5. The Morgan fingerprint density at radius 2 is 2.00 bits per heavy atom. The quantitative estimate of drug-likeness (QED) is 0.767. The summed E-state index contributed by atoms with van der Waals surface area (Å²) in [5.74, 6) is -0.501. The maximum absolute atomic E-state index is 13.3. The van der Waals surface area contributed by atoms with E-state index in [1.165, 1.54) is 29.5 Å². The van der Waals surface area contributed by atoms with Gasteiger partial charge in [-0.1, -0.05) is 6.07 Å². The Bertz CT molecular complexity index is 1010. The normalized spacial score (nSPS) is 11.7. The van der Waals surface area contributed by atoms with Crippen LogP contribution in [0.25, 0.3) is 10.7 Å². The van der Waals surface area contributed by atoms with Gasteiger partial charge in [0.2, 0.25) is 0 Å². The molecule has 0 bridgehead atoms. The molecule has 0 aliphatic rings. The van der Waals surface area contributed by atoms with E-state index in [1.54, 1.807) is 24.6 Å². The van der Waals surface area contributed by atoms with Gasteiger partial charge >= 0.3 is 0 Å². The summed E-state index contributed by atoms with van der Waals surface area (Å²) in [5, 5.41) is 2.67. The minimum atomic E-state index is -3.82. The summed E-state index contributed by atoms with van der Waals surface area (Å²) in [7, 11) is -2.03. The van der Waals surface area contributed by atoms with Crippen molar-refractivity contribution in [1.29, 1.82) is 0 Å². The number of thiazole rings is 1. The van der Waals surface area contributed by atoms with Gasteiger partial charge in [0, 0.05) is 23.8 Å². The molecule has 0 spiro atoms. The van der Waals surface area contributed by atoms with Gasteiger partial charge in [-0.25, -0.2) is 17.8 Å². The number of aromatic nitrogens is 2. The van der Waals surface area contributed by atoms with Crippen molar-refractivity contribution in [2.24, 2.45) is 7.05 Å². The van der Waals surface area contributed by atoms with E-state index in [4.69, 9.17) is 0 Å². The largest absolute Gasteiger partial charge is 0.345 e. The fourth-order valence-electron chi connectivity index (χ4n) is 2.38. The molecule has 24 heavy (non-hydrogen) atoms. The Hall–Kier alpha value is -2.19. The van der Waals surface area contributed by atoms with Gasteiger partial charge in [0.1, 0.15) is 15.7 Å². The first kappa shape index (κ1) is 16.7. The molecule has 5 nitrogen and oxygen atoms in total. The van der Waals surface area contributed by atoms with E-state index in [-0.39, 0.29) is 10.6 Å². The number of halogens is 1. The zero-order valence-corrected chi connectivity index (χ0v) is 15.0.